The van der Waals surface area contributed by atoms with Gasteiger partial charge in [-0.1, -0.05) is 72.1 Å². The maximum absolute atomic E-state index is 14.2. The Bertz CT molecular complexity index is 2610. The second-order valence-corrected chi connectivity index (χ2v) is 34.0. The van der Waals surface area contributed by atoms with Crippen LogP contribution in [0.5, 0.6) is 0 Å². The quantitative estimate of drug-likeness (QED) is 0.0206. The molecule has 4 aliphatic rings. The number of nitrogens with zero attached hydrogens (tertiary/aromatic N) is 1. The van der Waals surface area contributed by atoms with Crippen molar-refractivity contribution in [3.63, 3.8) is 0 Å². The lowest BCUT2D eigenvalue weighted by Gasteiger charge is -2.40. The molecule has 4 heterocycles. The van der Waals surface area contributed by atoms with E-state index in [9.17, 15) is 94.0 Å². The smallest absolute Gasteiger partial charge is 0.222 e. The number of aliphatic hydroxyl groups excluding tert-OH is 10. The highest BCUT2D eigenvalue weighted by atomic mass is 31.2. The number of aliphatic hydroxyl groups is 10. The number of carbonyl (C=O) groups is 8. The van der Waals surface area contributed by atoms with E-state index in [4.69, 9.17) is 51.7 Å². The topological polar surface area (TPSA) is 485 Å². The van der Waals surface area contributed by atoms with E-state index in [1.165, 1.54) is 7.11 Å². The van der Waals surface area contributed by atoms with Crippen molar-refractivity contribution in [2.45, 2.75) is 331 Å². The maximum atomic E-state index is 14.2. The summed E-state index contributed by atoms with van der Waals surface area (Å²) in [6.07, 6.45) is 4.10. The Hall–Kier alpha value is -3.92. The highest BCUT2D eigenvalue weighted by molar-refractivity contribution is 7.55. The van der Waals surface area contributed by atoms with Gasteiger partial charge in [-0.2, -0.15) is 0 Å². The van der Waals surface area contributed by atoms with Crippen LogP contribution in [-0.2, 0) is 94.6 Å². The highest BCUT2D eigenvalue weighted by Crippen LogP contribution is 2.46. The summed E-state index contributed by atoms with van der Waals surface area (Å²) in [5.74, 6) is -2.12. The molecule has 4 aliphatic heterocycles. The molecule has 35 heteroatoms. The first-order chi connectivity index (χ1) is 55.6. The van der Waals surface area contributed by atoms with E-state index in [2.05, 4.69) is 17.3 Å². The predicted molar refractivity (Wildman–Crippen MR) is 426 cm³/mol. The predicted octanol–water partition coefficient (Wildman–Crippen LogP) is 5.40. The van der Waals surface area contributed by atoms with Gasteiger partial charge >= 0.3 is 0 Å². The molecule has 0 bridgehead atoms. The molecule has 117 heavy (non-hydrogen) atoms. The van der Waals surface area contributed by atoms with Crippen molar-refractivity contribution in [2.24, 2.45) is 23.2 Å². The van der Waals surface area contributed by atoms with Crippen LogP contribution in [0.15, 0.2) is 0 Å². The first-order valence-electron chi connectivity index (χ1n) is 42.8. The number of unbranched alkanes of at least 4 members (excludes halogenated alkanes) is 14. The third kappa shape index (κ3) is 43.3. The van der Waals surface area contributed by atoms with Crippen molar-refractivity contribution in [3.8, 4) is 0 Å². The fourth-order valence-corrected chi connectivity index (χ4v) is 15.0. The normalized spacial score (nSPS) is 26.4. The molecule has 4 rings (SSSR count). The van der Waals surface area contributed by atoms with Crippen LogP contribution < -0.4 is 10.6 Å². The summed E-state index contributed by atoms with van der Waals surface area (Å²) in [4.78, 5) is 107. The van der Waals surface area contributed by atoms with Gasteiger partial charge in [-0.05, 0) is 89.9 Å². The van der Waals surface area contributed by atoms with Crippen molar-refractivity contribution >= 4 is 54.2 Å². The van der Waals surface area contributed by atoms with Crippen LogP contribution in [0.1, 0.15) is 245 Å². The van der Waals surface area contributed by atoms with Crippen LogP contribution in [0, 0.1) is 29.8 Å². The summed E-state index contributed by atoms with van der Waals surface area (Å²) in [6, 6.07) is -0.427. The lowest BCUT2D eigenvalue weighted by Crippen LogP contribution is -2.55. The first-order valence-corrected chi connectivity index (χ1v) is 44.5. The van der Waals surface area contributed by atoms with Crippen LogP contribution in [-0.4, -0.2) is 301 Å². The lowest BCUT2D eigenvalue weighted by molar-refractivity contribution is -0.282. The van der Waals surface area contributed by atoms with Gasteiger partial charge in [-0.3, -0.25) is 47.6 Å². The molecular weight excluding hydrogens is 1560 g/mol. The van der Waals surface area contributed by atoms with E-state index in [-0.39, 0.29) is 182 Å². The molecule has 18 atom stereocenters. The van der Waals surface area contributed by atoms with Gasteiger partial charge in [0.15, 0.2) is 26.5 Å². The van der Waals surface area contributed by atoms with E-state index in [0.717, 1.165) is 38.5 Å². The number of amides is 3. The first kappa shape index (κ1) is 107. The molecule has 0 aromatic rings. The fraction of sp³-hybridized carbons (Fsp3) is 0.890. The summed E-state index contributed by atoms with van der Waals surface area (Å²) in [6.45, 7) is 8.38. The summed E-state index contributed by atoms with van der Waals surface area (Å²) in [5, 5.41) is 106. The second-order valence-electron chi connectivity index (χ2n) is 32.1. The summed E-state index contributed by atoms with van der Waals surface area (Å²) in [5.41, 5.74) is -1.10. The van der Waals surface area contributed by atoms with E-state index in [1.54, 1.807) is 25.7 Å². The Morgan fingerprint density at radius 1 is 0.427 bits per heavy atom. The molecule has 0 saturated carbocycles. The standard InChI is InChI=1S/C82H145N3O30P.FH/c1-57-73(98)76(101)67(50-86)113-79(57)109-41-23-20-31-61(89)27-15-12-17-29-63(91)36-44-106-54-82(48-65(93)33-14-10-8-6-7-9-11-19-35-72(97)85-49-66(94)47-60(85)53-112-116(5,104)105-4,55-107-45-37-64(92)30-18-13-16-28-62(90)32-21-24-42-110-80-58(2)74(99)77(102)68(51-87)114-80)56-108-46-38-71(96)84-40-26-39-83-70(95)34-22-25-43-111-81-59(3)75(100)78(103)69(52-88)115-81;/h57-60,66-69,73-81,86-88,94,98-103H,5-56H2,1-4H3,(H,83,95)(H,84,96);1H/q-1;/t57?,58?,59?,60?,66-,67?,68?,69?,73?,74?,75?,76?,77?,78?,79?,80?,81?,82?,116?;/m1./s1. The van der Waals surface area contributed by atoms with Gasteiger partial charge in [-0.25, -0.2) is 6.66 Å². The Morgan fingerprint density at radius 3 is 1.14 bits per heavy atom. The number of likely N-dealkylation sites (tertiary alicyclic amines) is 1. The molecule has 0 radical (unpaired) electrons. The number of β-amino-alcohol motifs (C(OH)–C–C–N with tert-alkyl or cyclic N) is 1. The zero-order valence-electron chi connectivity index (χ0n) is 70.0. The van der Waals surface area contributed by atoms with Crippen molar-refractivity contribution < 1.29 is 150 Å². The molecule has 0 aromatic heterocycles. The van der Waals surface area contributed by atoms with Gasteiger partial charge in [0, 0.05) is 153 Å². The van der Waals surface area contributed by atoms with Crippen molar-refractivity contribution in [3.05, 3.63) is 6.66 Å². The van der Waals surface area contributed by atoms with Crippen LogP contribution in [0.3, 0.4) is 0 Å². The SMILES string of the molecule is F.[CH2-]P(=O)(OC)OCC1C[C@@H](O)CN1C(=O)CCCCCCCCCCC(=O)CC(COCCC(=O)CCCCCC(=O)CCCCOC1OC(CO)C(O)C(O)C1C)(COCCC(=O)CCCCCC(=O)CCCCOC1OC(CO)C(O)C(O)C1C)COCCC(=O)NCCCNC(=O)CCCCOC1OC(CO)C(O)C(O)C1C. The second kappa shape index (κ2) is 61.4. The van der Waals surface area contributed by atoms with E-state index in [0.29, 0.717) is 141 Å². The maximum Gasteiger partial charge on any atom is 0.222 e. The number of ketones is 5. The number of Topliss-reactive ketones (excluding diaryl/α,β-unsaturated/α-hetero) is 5. The van der Waals surface area contributed by atoms with Gasteiger partial charge in [-0.15, -0.1) is 0 Å². The van der Waals surface area contributed by atoms with E-state index in [1.807, 2.05) is 0 Å². The van der Waals surface area contributed by atoms with Crippen molar-refractivity contribution in [1.82, 2.24) is 15.5 Å². The lowest BCUT2D eigenvalue weighted by atomic mass is 9.83. The monoisotopic (exact) mass is 1700 g/mol. The van der Waals surface area contributed by atoms with Crippen LogP contribution >= 0.6 is 7.60 Å². The fourth-order valence-electron chi connectivity index (χ4n) is 14.5. The molecule has 17 unspecified atom stereocenters. The minimum atomic E-state index is -3.50. The van der Waals surface area contributed by atoms with Gasteiger partial charge in [0.1, 0.15) is 65.5 Å². The minimum absolute atomic E-state index is 0. The van der Waals surface area contributed by atoms with E-state index >= 15 is 0 Å². The minimum Gasteiger partial charge on any atom is -0.394 e. The summed E-state index contributed by atoms with van der Waals surface area (Å²) >= 11 is 0. The molecule has 0 aromatic carbocycles. The summed E-state index contributed by atoms with van der Waals surface area (Å²) in [7, 11) is -2.27. The van der Waals surface area contributed by atoms with Gasteiger partial charge in [0.25, 0.3) is 0 Å². The molecule has 4 saturated heterocycles. The van der Waals surface area contributed by atoms with Crippen LogP contribution in [0.25, 0.3) is 0 Å². The Morgan fingerprint density at radius 2 is 0.752 bits per heavy atom. The van der Waals surface area contributed by atoms with Crippen molar-refractivity contribution in [1.29, 1.82) is 0 Å². The number of hydrogen-bond donors (Lipinski definition) is 12. The largest absolute Gasteiger partial charge is 0.394 e. The Kier molecular flexibility index (Phi) is 56.3. The summed E-state index contributed by atoms with van der Waals surface area (Å²) < 4.78 is 75.1. The number of carbonyl (C=O) groups excluding carboxylic acids is 8. The average molecular weight is 1700 g/mol. The molecule has 3 amide bonds. The third-order valence-electron chi connectivity index (χ3n) is 22.1. The number of ether oxygens (including phenoxy) is 9. The molecule has 12 N–H and O–H groups in total. The number of rotatable bonds is 69. The molecule has 4 fully saturated rings. The van der Waals surface area contributed by atoms with Crippen molar-refractivity contribution in [2.75, 3.05) is 113 Å². The van der Waals surface area contributed by atoms with Crippen LogP contribution in [0.2, 0.25) is 0 Å². The number of hydrogen-bond acceptors (Lipinski definition) is 30. The van der Waals surface area contributed by atoms with E-state index < -0.39 is 137 Å². The Labute approximate surface area is 691 Å². The zero-order chi connectivity index (χ0) is 85.3. The van der Waals surface area contributed by atoms with Crippen LogP contribution in [0.4, 0.5) is 4.70 Å². The molecule has 0 spiro atoms. The molecular formula is C82H146FN3O30P-. The van der Waals surface area contributed by atoms with Gasteiger partial charge < -0.3 is 118 Å². The molecule has 0 aliphatic carbocycles. The molecule has 682 valence electrons. The third-order valence-corrected chi connectivity index (χ3v) is 23.2. The number of halogens is 1. The Balaban J connectivity index is 0.0000354. The van der Waals surface area contributed by atoms with Gasteiger partial charge in [0.05, 0.1) is 96.5 Å². The zero-order valence-corrected chi connectivity index (χ0v) is 70.9. The average Bonchev–Trinajstić information content (AvgIpc) is 1.17. The molecule has 33 nitrogen and oxygen atoms in total. The highest BCUT2D eigenvalue weighted by Gasteiger charge is 2.45. The number of nitrogens with one attached hydrogen (secondary N) is 2. The van der Waals surface area contributed by atoms with Gasteiger partial charge in [0.2, 0.25) is 17.7 Å².